The third-order valence-electron chi connectivity index (χ3n) is 4.95. The van der Waals surface area contributed by atoms with Crippen molar-refractivity contribution in [2.24, 2.45) is 5.92 Å². The average Bonchev–Trinajstić information content (AvgIpc) is 2.64. The van der Waals surface area contributed by atoms with Gasteiger partial charge in [-0.25, -0.2) is 12.7 Å². The first-order valence-corrected chi connectivity index (χ1v) is 10.6. The minimum absolute atomic E-state index is 0.127. The van der Waals surface area contributed by atoms with E-state index < -0.39 is 16.1 Å². The van der Waals surface area contributed by atoms with E-state index in [2.05, 4.69) is 5.32 Å². The minimum atomic E-state index is -3.20. The second-order valence-corrected chi connectivity index (χ2v) is 8.75. The Kier molecular flexibility index (Phi) is 5.60. The molecule has 7 heteroatoms. The van der Waals surface area contributed by atoms with Crippen molar-refractivity contribution in [3.63, 3.8) is 0 Å². The van der Waals surface area contributed by atoms with Gasteiger partial charge in [0.15, 0.2) is 0 Å². The smallest absolute Gasteiger partial charge is 0.223 e. The maximum atomic E-state index is 12.4. The van der Waals surface area contributed by atoms with E-state index in [9.17, 15) is 18.3 Å². The molecule has 26 heavy (non-hydrogen) atoms. The summed E-state index contributed by atoms with van der Waals surface area (Å²) in [6.45, 7) is 0.866. The van der Waals surface area contributed by atoms with E-state index in [1.54, 1.807) is 0 Å². The molecule has 6 nitrogen and oxygen atoms in total. The molecular weight excluding hydrogens is 352 g/mol. The fourth-order valence-electron chi connectivity index (χ4n) is 3.44. The second-order valence-electron chi connectivity index (χ2n) is 6.77. The Morgan fingerprint density at radius 2 is 1.85 bits per heavy atom. The molecule has 3 rings (SSSR count). The van der Waals surface area contributed by atoms with Crippen molar-refractivity contribution in [3.05, 3.63) is 48.0 Å². The summed E-state index contributed by atoms with van der Waals surface area (Å²) >= 11 is 0. The van der Waals surface area contributed by atoms with Gasteiger partial charge >= 0.3 is 0 Å². The molecule has 2 aromatic carbocycles. The highest BCUT2D eigenvalue weighted by Gasteiger charge is 2.29. The first kappa shape index (κ1) is 18.8. The number of piperidine rings is 1. The third kappa shape index (κ3) is 4.23. The molecule has 2 aromatic rings. The number of sulfonamides is 1. The molecule has 0 aliphatic carbocycles. The van der Waals surface area contributed by atoms with Gasteiger partial charge in [-0.1, -0.05) is 42.5 Å². The Bertz CT molecular complexity index is 884. The van der Waals surface area contributed by atoms with E-state index in [1.165, 1.54) is 10.6 Å². The van der Waals surface area contributed by atoms with Gasteiger partial charge in [-0.15, -0.1) is 0 Å². The molecule has 0 bridgehead atoms. The predicted octanol–water partition coefficient (Wildman–Crippen LogP) is 1.66. The van der Waals surface area contributed by atoms with E-state index in [0.29, 0.717) is 25.9 Å². The van der Waals surface area contributed by atoms with Gasteiger partial charge in [-0.2, -0.15) is 0 Å². The Balaban J connectivity index is 1.58. The minimum Gasteiger partial charge on any atom is -0.387 e. The number of hydrogen-bond donors (Lipinski definition) is 2. The standard InChI is InChI=1S/C19H24N2O4S/c1-26(24,25)21-11-9-15(10-12-21)19(23)20-13-18(22)17-8-4-6-14-5-2-3-7-16(14)17/h2-8,15,18,22H,9-13H2,1H3,(H,20,23)/t18-/m0/s1. The summed E-state index contributed by atoms with van der Waals surface area (Å²) in [5.41, 5.74) is 0.787. The maximum Gasteiger partial charge on any atom is 0.223 e. The normalized spacial score (nSPS) is 17.9. The van der Waals surface area contributed by atoms with Crippen LogP contribution < -0.4 is 5.32 Å². The molecule has 140 valence electrons. The topological polar surface area (TPSA) is 86.7 Å². The first-order chi connectivity index (χ1) is 12.4. The summed E-state index contributed by atoms with van der Waals surface area (Å²) in [7, 11) is -3.20. The largest absolute Gasteiger partial charge is 0.387 e. The molecule has 1 aliphatic heterocycles. The van der Waals surface area contributed by atoms with E-state index in [0.717, 1.165) is 16.3 Å². The van der Waals surface area contributed by atoms with Crippen molar-refractivity contribution in [3.8, 4) is 0 Å². The van der Waals surface area contributed by atoms with Crippen LogP contribution in [0.5, 0.6) is 0 Å². The molecule has 0 unspecified atom stereocenters. The number of nitrogens with zero attached hydrogens (tertiary/aromatic N) is 1. The van der Waals surface area contributed by atoms with Gasteiger partial charge in [0.05, 0.1) is 12.4 Å². The molecule has 2 N–H and O–H groups in total. The van der Waals surface area contributed by atoms with Crippen molar-refractivity contribution >= 4 is 26.7 Å². The summed E-state index contributed by atoms with van der Waals surface area (Å²) in [6.07, 6.45) is 1.40. The van der Waals surface area contributed by atoms with Crippen molar-refractivity contribution in [1.82, 2.24) is 9.62 Å². The number of rotatable bonds is 5. The SMILES string of the molecule is CS(=O)(=O)N1CCC(C(=O)NC[C@H](O)c2cccc3ccccc23)CC1. The van der Waals surface area contributed by atoms with Crippen molar-refractivity contribution in [1.29, 1.82) is 0 Å². The van der Waals surface area contributed by atoms with Crippen LogP contribution in [0.25, 0.3) is 10.8 Å². The number of benzene rings is 2. The molecule has 1 atom stereocenters. The van der Waals surface area contributed by atoms with Crippen LogP contribution >= 0.6 is 0 Å². The van der Waals surface area contributed by atoms with Gasteiger partial charge in [-0.3, -0.25) is 4.79 Å². The summed E-state index contributed by atoms with van der Waals surface area (Å²) in [6, 6.07) is 13.6. The van der Waals surface area contributed by atoms with Crippen LogP contribution in [0.4, 0.5) is 0 Å². The fourth-order valence-corrected chi connectivity index (χ4v) is 4.32. The number of carbonyl (C=O) groups excluding carboxylic acids is 1. The monoisotopic (exact) mass is 376 g/mol. The molecule has 1 amide bonds. The zero-order valence-corrected chi connectivity index (χ0v) is 15.6. The molecular formula is C19H24N2O4S. The lowest BCUT2D eigenvalue weighted by Crippen LogP contribution is -2.43. The van der Waals surface area contributed by atoms with E-state index >= 15 is 0 Å². The van der Waals surface area contributed by atoms with Crippen LogP contribution in [0.3, 0.4) is 0 Å². The lowest BCUT2D eigenvalue weighted by atomic mass is 9.96. The van der Waals surface area contributed by atoms with E-state index in [-0.39, 0.29) is 18.4 Å². The van der Waals surface area contributed by atoms with Gasteiger partial charge in [0, 0.05) is 25.6 Å². The summed E-state index contributed by atoms with van der Waals surface area (Å²) < 4.78 is 24.5. The van der Waals surface area contributed by atoms with Gasteiger partial charge < -0.3 is 10.4 Å². The number of fused-ring (bicyclic) bond motifs is 1. The summed E-state index contributed by atoms with van der Waals surface area (Å²) in [4.78, 5) is 12.4. The van der Waals surface area contributed by atoms with Gasteiger partial charge in [0.25, 0.3) is 0 Å². The highest BCUT2D eigenvalue weighted by Crippen LogP contribution is 2.24. The molecule has 0 radical (unpaired) electrons. The predicted molar refractivity (Wildman–Crippen MR) is 101 cm³/mol. The van der Waals surface area contributed by atoms with E-state index in [1.807, 2.05) is 42.5 Å². The highest BCUT2D eigenvalue weighted by molar-refractivity contribution is 7.88. The Hall–Kier alpha value is -1.96. The van der Waals surface area contributed by atoms with Crippen LogP contribution in [0.1, 0.15) is 24.5 Å². The van der Waals surface area contributed by atoms with Crippen LogP contribution in [0.15, 0.2) is 42.5 Å². The quantitative estimate of drug-likeness (QED) is 0.831. The number of aliphatic hydroxyl groups excluding tert-OH is 1. The van der Waals surface area contributed by atoms with Crippen LogP contribution in [-0.2, 0) is 14.8 Å². The van der Waals surface area contributed by atoms with Gasteiger partial charge in [-0.05, 0) is 29.2 Å². The van der Waals surface area contributed by atoms with Gasteiger partial charge in [0.2, 0.25) is 15.9 Å². The van der Waals surface area contributed by atoms with Gasteiger partial charge in [0.1, 0.15) is 0 Å². The first-order valence-electron chi connectivity index (χ1n) is 8.75. The molecule has 0 aromatic heterocycles. The fraction of sp³-hybridized carbons (Fsp3) is 0.421. The van der Waals surface area contributed by atoms with Crippen LogP contribution in [0, 0.1) is 5.92 Å². The average molecular weight is 376 g/mol. The Labute approximate surface area is 153 Å². The number of hydrogen-bond acceptors (Lipinski definition) is 4. The van der Waals surface area contributed by atoms with Crippen LogP contribution in [-0.4, -0.2) is 49.6 Å². The van der Waals surface area contributed by atoms with Crippen LogP contribution in [0.2, 0.25) is 0 Å². The number of nitrogens with one attached hydrogen (secondary N) is 1. The highest BCUT2D eigenvalue weighted by atomic mass is 32.2. The summed E-state index contributed by atoms with van der Waals surface area (Å²) in [5, 5.41) is 15.3. The Morgan fingerprint density at radius 3 is 2.54 bits per heavy atom. The zero-order chi connectivity index (χ0) is 18.7. The molecule has 1 saturated heterocycles. The maximum absolute atomic E-state index is 12.4. The van der Waals surface area contributed by atoms with E-state index in [4.69, 9.17) is 0 Å². The number of carbonyl (C=O) groups is 1. The lowest BCUT2D eigenvalue weighted by molar-refractivity contribution is -0.126. The molecule has 0 saturated carbocycles. The molecule has 1 fully saturated rings. The lowest BCUT2D eigenvalue weighted by Gasteiger charge is -2.29. The Morgan fingerprint density at radius 1 is 1.19 bits per heavy atom. The number of amides is 1. The molecule has 1 aliphatic rings. The second kappa shape index (κ2) is 7.73. The van der Waals surface area contributed by atoms with Crippen molar-refractivity contribution in [2.45, 2.75) is 18.9 Å². The van der Waals surface area contributed by atoms with Crippen molar-refractivity contribution in [2.75, 3.05) is 25.9 Å². The summed E-state index contributed by atoms with van der Waals surface area (Å²) in [5.74, 6) is -0.342. The molecule has 0 spiro atoms. The molecule has 1 heterocycles. The zero-order valence-electron chi connectivity index (χ0n) is 14.8. The van der Waals surface area contributed by atoms with Crippen molar-refractivity contribution < 1.29 is 18.3 Å². The number of aliphatic hydroxyl groups is 1. The third-order valence-corrected chi connectivity index (χ3v) is 6.25.